The van der Waals surface area contributed by atoms with Crippen LogP contribution in [0.15, 0.2) is 24.3 Å². The highest BCUT2D eigenvalue weighted by Crippen LogP contribution is 2.25. The molecule has 18 heavy (non-hydrogen) atoms. The molecule has 98 valence electrons. The van der Waals surface area contributed by atoms with Gasteiger partial charge in [0.05, 0.1) is 0 Å². The SMILES string of the molecule is CSCCN(C)c1cc(Cl)ccc1/C=C/C(=O)O. The third-order valence-corrected chi connectivity index (χ3v) is 3.27. The lowest BCUT2D eigenvalue weighted by molar-refractivity contribution is -0.131. The number of halogens is 1. The van der Waals surface area contributed by atoms with Crippen LogP contribution in [0.5, 0.6) is 0 Å². The van der Waals surface area contributed by atoms with Crippen molar-refractivity contribution in [2.24, 2.45) is 0 Å². The van der Waals surface area contributed by atoms with Crippen LogP contribution in [0.2, 0.25) is 5.02 Å². The number of carboxylic acid groups (broad SMARTS) is 1. The van der Waals surface area contributed by atoms with Crippen molar-refractivity contribution in [3.63, 3.8) is 0 Å². The summed E-state index contributed by atoms with van der Waals surface area (Å²) in [5.41, 5.74) is 1.79. The number of thioether (sulfide) groups is 1. The van der Waals surface area contributed by atoms with Crippen LogP contribution in [0.4, 0.5) is 5.69 Å². The molecule has 0 fully saturated rings. The lowest BCUT2D eigenvalue weighted by Gasteiger charge is -2.21. The molecule has 0 heterocycles. The Balaban J connectivity index is 2.99. The van der Waals surface area contributed by atoms with Crippen molar-refractivity contribution in [1.82, 2.24) is 0 Å². The number of carbonyl (C=O) groups is 1. The van der Waals surface area contributed by atoms with Crippen LogP contribution in [0.25, 0.3) is 6.08 Å². The van der Waals surface area contributed by atoms with Gasteiger partial charge in [0, 0.05) is 36.1 Å². The minimum atomic E-state index is -0.956. The molecule has 0 radical (unpaired) electrons. The first-order valence-corrected chi connectivity index (χ1v) is 7.22. The van der Waals surface area contributed by atoms with Gasteiger partial charge in [-0.1, -0.05) is 17.7 Å². The molecule has 0 aromatic heterocycles. The highest BCUT2D eigenvalue weighted by Gasteiger charge is 2.06. The molecule has 0 aliphatic heterocycles. The third-order valence-electron chi connectivity index (χ3n) is 2.44. The lowest BCUT2D eigenvalue weighted by Crippen LogP contribution is -2.21. The van der Waals surface area contributed by atoms with Gasteiger partial charge < -0.3 is 10.0 Å². The fourth-order valence-electron chi connectivity index (χ4n) is 1.50. The predicted octanol–water partition coefficient (Wildman–Crippen LogP) is 3.24. The Morgan fingerprint density at radius 3 is 2.89 bits per heavy atom. The van der Waals surface area contributed by atoms with Crippen LogP contribution < -0.4 is 4.90 Å². The van der Waals surface area contributed by atoms with E-state index in [-0.39, 0.29) is 0 Å². The molecule has 3 nitrogen and oxygen atoms in total. The number of aliphatic carboxylic acids is 1. The summed E-state index contributed by atoms with van der Waals surface area (Å²) in [6.45, 7) is 0.884. The number of benzene rings is 1. The Morgan fingerprint density at radius 1 is 1.56 bits per heavy atom. The zero-order valence-electron chi connectivity index (χ0n) is 10.4. The van der Waals surface area contributed by atoms with Gasteiger partial charge in [-0.2, -0.15) is 11.8 Å². The van der Waals surface area contributed by atoms with Gasteiger partial charge >= 0.3 is 5.97 Å². The molecule has 1 aromatic rings. The quantitative estimate of drug-likeness (QED) is 0.815. The maximum Gasteiger partial charge on any atom is 0.328 e. The maximum atomic E-state index is 10.6. The lowest BCUT2D eigenvalue weighted by atomic mass is 10.1. The van der Waals surface area contributed by atoms with Crippen LogP contribution in [-0.4, -0.2) is 36.7 Å². The molecule has 0 saturated carbocycles. The van der Waals surface area contributed by atoms with E-state index in [9.17, 15) is 4.79 Å². The Kier molecular flexibility index (Phi) is 6.09. The van der Waals surface area contributed by atoms with Crippen LogP contribution in [0, 0.1) is 0 Å². The van der Waals surface area contributed by atoms with E-state index >= 15 is 0 Å². The maximum absolute atomic E-state index is 10.6. The molecule has 0 saturated heterocycles. The van der Waals surface area contributed by atoms with Crippen molar-refractivity contribution in [1.29, 1.82) is 0 Å². The van der Waals surface area contributed by atoms with E-state index in [1.165, 1.54) is 0 Å². The fraction of sp³-hybridized carbons (Fsp3) is 0.308. The number of carboxylic acids is 1. The van der Waals surface area contributed by atoms with Crippen LogP contribution >= 0.6 is 23.4 Å². The normalized spacial score (nSPS) is 10.8. The summed E-state index contributed by atoms with van der Waals surface area (Å²) in [7, 11) is 1.97. The van der Waals surface area contributed by atoms with Gasteiger partial charge in [-0.3, -0.25) is 0 Å². The Hall–Kier alpha value is -1.13. The molecule has 5 heteroatoms. The Bertz CT molecular complexity index is 449. The molecule has 0 amide bonds. The van der Waals surface area contributed by atoms with E-state index in [1.807, 2.05) is 19.2 Å². The predicted molar refractivity (Wildman–Crippen MR) is 79.8 cm³/mol. The molecule has 1 rings (SSSR count). The number of hydrogen-bond acceptors (Lipinski definition) is 3. The molecule has 0 aliphatic carbocycles. The molecule has 0 unspecified atom stereocenters. The van der Waals surface area contributed by atoms with Gasteiger partial charge in [0.15, 0.2) is 0 Å². The number of rotatable bonds is 6. The van der Waals surface area contributed by atoms with E-state index in [2.05, 4.69) is 11.2 Å². The molecule has 0 atom stereocenters. The van der Waals surface area contributed by atoms with Crippen molar-refractivity contribution in [3.8, 4) is 0 Å². The second-order valence-electron chi connectivity index (χ2n) is 3.79. The summed E-state index contributed by atoms with van der Waals surface area (Å²) in [5, 5.41) is 9.32. The minimum Gasteiger partial charge on any atom is -0.478 e. The Morgan fingerprint density at radius 2 is 2.28 bits per heavy atom. The zero-order valence-corrected chi connectivity index (χ0v) is 12.0. The zero-order chi connectivity index (χ0) is 13.5. The van der Waals surface area contributed by atoms with E-state index in [4.69, 9.17) is 16.7 Å². The van der Waals surface area contributed by atoms with E-state index in [1.54, 1.807) is 23.9 Å². The average molecular weight is 286 g/mol. The van der Waals surface area contributed by atoms with Crippen molar-refractivity contribution < 1.29 is 9.90 Å². The number of anilines is 1. The molecule has 0 aliphatic rings. The van der Waals surface area contributed by atoms with Gasteiger partial charge in [-0.25, -0.2) is 4.79 Å². The van der Waals surface area contributed by atoms with Gasteiger partial charge in [-0.05, 0) is 30.0 Å². The topological polar surface area (TPSA) is 40.5 Å². The number of hydrogen-bond donors (Lipinski definition) is 1. The fourth-order valence-corrected chi connectivity index (χ4v) is 2.12. The van der Waals surface area contributed by atoms with Crippen molar-refractivity contribution in [2.75, 3.05) is 30.5 Å². The minimum absolute atomic E-state index is 0.647. The smallest absolute Gasteiger partial charge is 0.328 e. The summed E-state index contributed by atoms with van der Waals surface area (Å²) in [6.07, 6.45) is 4.77. The first-order valence-electron chi connectivity index (χ1n) is 5.45. The highest BCUT2D eigenvalue weighted by atomic mass is 35.5. The van der Waals surface area contributed by atoms with Crippen LogP contribution in [0.1, 0.15) is 5.56 Å². The highest BCUT2D eigenvalue weighted by molar-refractivity contribution is 7.98. The standard InChI is InChI=1S/C13H16ClNO2S/c1-15(7-8-18-2)12-9-11(14)5-3-10(12)4-6-13(16)17/h3-6,9H,7-8H2,1-2H3,(H,16,17)/b6-4+. The Labute approximate surface area is 116 Å². The molecular weight excluding hydrogens is 270 g/mol. The summed E-state index contributed by atoms with van der Waals surface area (Å²) < 4.78 is 0. The summed E-state index contributed by atoms with van der Waals surface area (Å²) in [6, 6.07) is 5.44. The summed E-state index contributed by atoms with van der Waals surface area (Å²) in [5.74, 6) is 0.0492. The van der Waals surface area contributed by atoms with E-state index < -0.39 is 5.97 Å². The van der Waals surface area contributed by atoms with E-state index in [0.717, 1.165) is 29.6 Å². The van der Waals surface area contributed by atoms with Gasteiger partial charge in [0.1, 0.15) is 0 Å². The van der Waals surface area contributed by atoms with Crippen molar-refractivity contribution in [2.45, 2.75) is 0 Å². The molecule has 1 aromatic carbocycles. The summed E-state index contributed by atoms with van der Waals surface area (Å²) >= 11 is 7.75. The van der Waals surface area contributed by atoms with Crippen molar-refractivity contribution in [3.05, 3.63) is 34.9 Å². The molecule has 0 spiro atoms. The van der Waals surface area contributed by atoms with Crippen molar-refractivity contribution >= 4 is 41.1 Å². The van der Waals surface area contributed by atoms with Gasteiger partial charge in [0.2, 0.25) is 0 Å². The van der Waals surface area contributed by atoms with Crippen LogP contribution in [0.3, 0.4) is 0 Å². The molecule has 1 N–H and O–H groups in total. The largest absolute Gasteiger partial charge is 0.478 e. The first-order chi connectivity index (χ1) is 8.54. The monoisotopic (exact) mass is 285 g/mol. The van der Waals surface area contributed by atoms with Gasteiger partial charge in [-0.15, -0.1) is 0 Å². The van der Waals surface area contributed by atoms with Crippen LogP contribution in [-0.2, 0) is 4.79 Å². The summed E-state index contributed by atoms with van der Waals surface area (Å²) in [4.78, 5) is 12.6. The number of nitrogens with zero attached hydrogens (tertiary/aromatic N) is 1. The third kappa shape index (κ3) is 4.63. The van der Waals surface area contributed by atoms with E-state index in [0.29, 0.717) is 5.02 Å². The average Bonchev–Trinajstić information content (AvgIpc) is 2.34. The molecular formula is C13H16ClNO2S. The van der Waals surface area contributed by atoms with Gasteiger partial charge in [0.25, 0.3) is 0 Å². The molecule has 0 bridgehead atoms. The second-order valence-corrected chi connectivity index (χ2v) is 5.21. The first kappa shape index (κ1) is 14.9. The second kappa shape index (κ2) is 7.34.